The van der Waals surface area contributed by atoms with Crippen LogP contribution in [0.15, 0.2) is 36.4 Å². The van der Waals surface area contributed by atoms with Gasteiger partial charge in [-0.25, -0.2) is 4.79 Å². The predicted molar refractivity (Wildman–Crippen MR) is 213 cm³/mol. The van der Waals surface area contributed by atoms with Gasteiger partial charge in [0.05, 0.1) is 36.1 Å². The lowest BCUT2D eigenvalue weighted by atomic mass is 9.71. The van der Waals surface area contributed by atoms with Crippen molar-refractivity contribution in [3.63, 3.8) is 0 Å². The normalized spacial score (nSPS) is 25.4. The number of likely N-dealkylation sites (N-methyl/N-ethyl adjacent to an activating group) is 1. The van der Waals surface area contributed by atoms with Gasteiger partial charge in [0.25, 0.3) is 0 Å². The molecule has 322 valence electrons. The Morgan fingerprint density at radius 3 is 2.46 bits per heavy atom. The number of rotatable bonds is 8. The molecular weight excluding hydrogens is 822 g/mol. The average Bonchev–Trinajstić information content (AvgIpc) is 3.71. The van der Waals surface area contributed by atoms with E-state index in [0.717, 1.165) is 34.9 Å². The Labute approximate surface area is 353 Å². The highest BCUT2D eigenvalue weighted by Gasteiger charge is 2.61. The van der Waals surface area contributed by atoms with Crippen molar-refractivity contribution in [2.45, 2.75) is 74.9 Å². The second-order valence-corrected chi connectivity index (χ2v) is 16.6. The number of nitrogens with zero attached hydrogens (tertiary/aromatic N) is 3. The molecule has 6 aliphatic heterocycles. The number of methoxy groups -OCH3 is 2. The molecule has 0 saturated carbocycles. The summed E-state index contributed by atoms with van der Waals surface area (Å²) in [5.74, 6) is 0.00138. The SMILES string of the molecule is COCOc1c(OC)c(C)cc2c1[C@@H]1C3[C@@H]4SC[C@H](NC(=O)/C=C/c5ccc(C(F)(F)F)cc5)C(=O)OC[C@@H](c5c6c(c(C)c(OC(C)=O)c54)OCO6)N3[C@@H](C#N)[C@H](C2)N1C. The summed E-state index contributed by atoms with van der Waals surface area (Å²) in [4.78, 5) is 44.6. The number of esters is 2. The van der Waals surface area contributed by atoms with E-state index in [2.05, 4.69) is 27.3 Å². The van der Waals surface area contributed by atoms with E-state index >= 15 is 0 Å². The molecule has 2 saturated heterocycles. The number of carbonyl (C=O) groups excluding carboxylic acids is 3. The van der Waals surface area contributed by atoms with E-state index in [4.69, 9.17) is 33.2 Å². The van der Waals surface area contributed by atoms with Crippen LogP contribution in [0.3, 0.4) is 0 Å². The standard InChI is InChI=1S/C43H43F3N4O10S/c1-20-13-24-14-27-28(15-47)50-29-16-56-42(53)26(48-30(52)12-9-23-7-10-25(11-8-23)43(44,45)46)17-61-41(33-32(29)40-38(58-19-59-40)21(2)37(33)60-22(3)51)35(50)34(49(27)4)31(24)39(36(20)55-6)57-18-54-5/h7-13,26-29,34-35,41H,14,16-19H2,1-6H3,(H,48,52)/b12-9+/t26-,27-,28-,29-,34+,35?,41+/m0/s1. The summed E-state index contributed by atoms with van der Waals surface area (Å²) in [6.45, 7) is 4.52. The smallest absolute Gasteiger partial charge is 0.416 e. The average molecular weight is 865 g/mol. The number of hydrogen-bond donors (Lipinski definition) is 1. The molecule has 1 amide bonds. The number of ether oxygens (including phenoxy) is 7. The van der Waals surface area contributed by atoms with Crippen LogP contribution in [0.25, 0.3) is 6.08 Å². The summed E-state index contributed by atoms with van der Waals surface area (Å²) in [5, 5.41) is 13.2. The fourth-order valence-corrected chi connectivity index (χ4v) is 11.0. The van der Waals surface area contributed by atoms with Crippen LogP contribution in [-0.2, 0) is 36.5 Å². The minimum Gasteiger partial charge on any atom is -0.493 e. The fraction of sp³-hybridized carbons (Fsp3) is 0.442. The van der Waals surface area contributed by atoms with Gasteiger partial charge in [-0.3, -0.25) is 19.4 Å². The Morgan fingerprint density at radius 1 is 1.05 bits per heavy atom. The Bertz CT molecular complexity index is 2350. The van der Waals surface area contributed by atoms with E-state index in [9.17, 15) is 32.8 Å². The number of alkyl halides is 3. The van der Waals surface area contributed by atoms with Crippen LogP contribution in [0.2, 0.25) is 0 Å². The van der Waals surface area contributed by atoms with E-state index in [1.165, 1.54) is 44.0 Å². The molecule has 0 spiro atoms. The van der Waals surface area contributed by atoms with Crippen molar-refractivity contribution in [2.24, 2.45) is 0 Å². The zero-order valence-electron chi connectivity index (χ0n) is 34.1. The lowest BCUT2D eigenvalue weighted by Gasteiger charge is -2.61. The lowest BCUT2D eigenvalue weighted by Crippen LogP contribution is -2.69. The highest BCUT2D eigenvalue weighted by Crippen LogP contribution is 2.64. The molecule has 4 bridgehead atoms. The monoisotopic (exact) mass is 864 g/mol. The van der Waals surface area contributed by atoms with Gasteiger partial charge in [-0.1, -0.05) is 18.2 Å². The molecule has 3 aromatic rings. The molecule has 6 heterocycles. The number of nitrogens with one attached hydrogen (secondary N) is 1. The molecule has 14 nitrogen and oxygen atoms in total. The molecule has 0 aromatic heterocycles. The molecule has 61 heavy (non-hydrogen) atoms. The molecular formula is C43H43F3N4O10S. The molecule has 9 rings (SSSR count). The Balaban J connectivity index is 1.27. The second-order valence-electron chi connectivity index (χ2n) is 15.4. The van der Waals surface area contributed by atoms with E-state index in [0.29, 0.717) is 51.7 Å². The van der Waals surface area contributed by atoms with E-state index in [-0.39, 0.29) is 37.7 Å². The number of benzene rings is 3. The Kier molecular flexibility index (Phi) is 11.4. The molecule has 1 unspecified atom stereocenters. The number of nitriles is 1. The molecule has 7 atom stereocenters. The molecule has 1 N–H and O–H groups in total. The Morgan fingerprint density at radius 2 is 1.79 bits per heavy atom. The molecule has 18 heteroatoms. The minimum atomic E-state index is -4.51. The van der Waals surface area contributed by atoms with Gasteiger partial charge in [-0.05, 0) is 62.2 Å². The van der Waals surface area contributed by atoms with Crippen molar-refractivity contribution in [1.29, 1.82) is 5.26 Å². The number of amides is 1. The summed E-state index contributed by atoms with van der Waals surface area (Å²) in [5.41, 5.74) is 3.84. The summed E-state index contributed by atoms with van der Waals surface area (Å²) in [6, 6.07) is 4.78. The highest BCUT2D eigenvalue weighted by atomic mass is 32.2. The van der Waals surface area contributed by atoms with Crippen LogP contribution in [0.4, 0.5) is 13.2 Å². The van der Waals surface area contributed by atoms with Gasteiger partial charge in [0, 0.05) is 60.2 Å². The van der Waals surface area contributed by atoms with Crippen LogP contribution in [0.5, 0.6) is 28.7 Å². The molecule has 0 radical (unpaired) electrons. The zero-order chi connectivity index (χ0) is 43.5. The lowest BCUT2D eigenvalue weighted by molar-refractivity contribution is -0.152. The molecule has 0 aliphatic carbocycles. The maximum Gasteiger partial charge on any atom is 0.416 e. The minimum absolute atomic E-state index is 0.0427. The second kappa shape index (κ2) is 16.4. The maximum atomic E-state index is 14.0. The van der Waals surface area contributed by atoms with Crippen molar-refractivity contribution in [1.82, 2.24) is 15.1 Å². The summed E-state index contributed by atoms with van der Waals surface area (Å²) in [7, 11) is 5.06. The summed E-state index contributed by atoms with van der Waals surface area (Å²) < 4.78 is 81.3. The highest BCUT2D eigenvalue weighted by molar-refractivity contribution is 7.99. The van der Waals surface area contributed by atoms with Gasteiger partial charge in [0.2, 0.25) is 12.7 Å². The number of carbonyl (C=O) groups is 3. The molecule has 6 aliphatic rings. The first-order valence-corrected chi connectivity index (χ1v) is 20.5. The molecule has 3 aromatic carbocycles. The zero-order valence-corrected chi connectivity index (χ0v) is 34.9. The van der Waals surface area contributed by atoms with Crippen molar-refractivity contribution >= 4 is 35.7 Å². The van der Waals surface area contributed by atoms with Gasteiger partial charge in [0.1, 0.15) is 24.4 Å². The van der Waals surface area contributed by atoms with Gasteiger partial charge in [-0.2, -0.15) is 18.4 Å². The number of thioether (sulfide) groups is 1. The predicted octanol–water partition coefficient (Wildman–Crippen LogP) is 5.73. The Hall–Kier alpha value is -5.48. The third-order valence-electron chi connectivity index (χ3n) is 11.9. The van der Waals surface area contributed by atoms with Gasteiger partial charge in [-0.15, -0.1) is 11.8 Å². The van der Waals surface area contributed by atoms with E-state index < -0.39 is 65.0 Å². The first-order valence-electron chi connectivity index (χ1n) is 19.5. The van der Waals surface area contributed by atoms with Crippen molar-refractivity contribution < 1.29 is 60.7 Å². The fourth-order valence-electron chi connectivity index (χ4n) is 9.48. The maximum absolute atomic E-state index is 14.0. The van der Waals surface area contributed by atoms with E-state index in [1.54, 1.807) is 14.0 Å². The quantitative estimate of drug-likeness (QED) is 0.127. The first kappa shape index (κ1) is 42.2. The topological polar surface area (TPSA) is 158 Å². The summed E-state index contributed by atoms with van der Waals surface area (Å²) in [6.07, 6.45) is -1.56. The van der Waals surface area contributed by atoms with Crippen LogP contribution < -0.4 is 29.0 Å². The van der Waals surface area contributed by atoms with Crippen molar-refractivity contribution in [3.05, 3.63) is 80.9 Å². The third kappa shape index (κ3) is 7.30. The van der Waals surface area contributed by atoms with Crippen LogP contribution in [0, 0.1) is 25.2 Å². The van der Waals surface area contributed by atoms with Gasteiger partial charge < -0.3 is 38.5 Å². The first-order chi connectivity index (χ1) is 29.2. The van der Waals surface area contributed by atoms with Gasteiger partial charge >= 0.3 is 18.1 Å². The number of hydrogen-bond acceptors (Lipinski definition) is 14. The van der Waals surface area contributed by atoms with Crippen LogP contribution >= 0.6 is 11.8 Å². The van der Waals surface area contributed by atoms with Crippen molar-refractivity contribution in [2.75, 3.05) is 47.2 Å². The number of halogens is 3. The number of piperazine rings is 1. The molecule has 2 fully saturated rings. The van der Waals surface area contributed by atoms with E-state index in [1.807, 2.05) is 14.0 Å². The largest absolute Gasteiger partial charge is 0.493 e. The number of aryl methyl sites for hydroxylation is 1. The third-order valence-corrected chi connectivity index (χ3v) is 13.3. The number of fused-ring (bicyclic) bond motifs is 10. The van der Waals surface area contributed by atoms with Gasteiger partial charge in [0.15, 0.2) is 29.8 Å². The van der Waals surface area contributed by atoms with Crippen LogP contribution in [-0.4, -0.2) is 99.0 Å². The van der Waals surface area contributed by atoms with Crippen LogP contribution in [0.1, 0.15) is 68.8 Å². The van der Waals surface area contributed by atoms with Crippen molar-refractivity contribution in [3.8, 4) is 34.8 Å². The summed E-state index contributed by atoms with van der Waals surface area (Å²) >= 11 is 1.32.